The number of carbonyl (C=O) groups is 2. The maximum Gasteiger partial charge on any atom is 0.311 e. The fourth-order valence-corrected chi connectivity index (χ4v) is 3.78. The summed E-state index contributed by atoms with van der Waals surface area (Å²) < 4.78 is 5.65. The SMILES string of the molecule is CCCCC(CC)CN1CC(C(=O)OC2CCCCC2)CC1=O. The highest BCUT2D eigenvalue weighted by Crippen LogP contribution is 2.26. The van der Waals surface area contributed by atoms with Crippen molar-refractivity contribution in [2.24, 2.45) is 11.8 Å². The van der Waals surface area contributed by atoms with Gasteiger partial charge in [0, 0.05) is 19.5 Å². The molecule has 4 heteroatoms. The van der Waals surface area contributed by atoms with Gasteiger partial charge in [-0.2, -0.15) is 0 Å². The van der Waals surface area contributed by atoms with Crippen molar-refractivity contribution in [1.29, 1.82) is 0 Å². The van der Waals surface area contributed by atoms with Crippen LogP contribution in [0.2, 0.25) is 0 Å². The fourth-order valence-electron chi connectivity index (χ4n) is 3.78. The Balaban J connectivity index is 1.79. The Morgan fingerprint density at radius 1 is 1.26 bits per heavy atom. The summed E-state index contributed by atoms with van der Waals surface area (Å²) in [5.74, 6) is 0.306. The number of hydrogen-bond acceptors (Lipinski definition) is 3. The van der Waals surface area contributed by atoms with Gasteiger partial charge in [0.2, 0.25) is 5.91 Å². The van der Waals surface area contributed by atoms with Crippen LogP contribution in [0, 0.1) is 11.8 Å². The number of esters is 1. The summed E-state index contributed by atoms with van der Waals surface area (Å²) in [5, 5.41) is 0. The summed E-state index contributed by atoms with van der Waals surface area (Å²) >= 11 is 0. The van der Waals surface area contributed by atoms with Crippen LogP contribution in [0.5, 0.6) is 0 Å². The van der Waals surface area contributed by atoms with Crippen LogP contribution in [0.25, 0.3) is 0 Å². The lowest BCUT2D eigenvalue weighted by Gasteiger charge is -2.24. The van der Waals surface area contributed by atoms with Crippen LogP contribution in [-0.2, 0) is 14.3 Å². The Labute approximate surface area is 140 Å². The van der Waals surface area contributed by atoms with E-state index in [2.05, 4.69) is 13.8 Å². The highest BCUT2D eigenvalue weighted by molar-refractivity contribution is 5.86. The van der Waals surface area contributed by atoms with E-state index in [1.807, 2.05) is 4.90 Å². The van der Waals surface area contributed by atoms with Gasteiger partial charge in [-0.05, 0) is 38.0 Å². The fraction of sp³-hybridized carbons (Fsp3) is 0.895. The maximum atomic E-state index is 12.3. The summed E-state index contributed by atoms with van der Waals surface area (Å²) in [6.07, 6.45) is 10.7. The van der Waals surface area contributed by atoms with Crippen molar-refractivity contribution in [1.82, 2.24) is 4.90 Å². The third kappa shape index (κ3) is 5.50. The van der Waals surface area contributed by atoms with Crippen LogP contribution in [0.1, 0.15) is 78.1 Å². The second-order valence-electron chi connectivity index (χ2n) is 7.31. The molecule has 1 heterocycles. The van der Waals surface area contributed by atoms with Gasteiger partial charge < -0.3 is 9.64 Å². The van der Waals surface area contributed by atoms with Gasteiger partial charge in [0.05, 0.1) is 5.92 Å². The standard InChI is InChI=1S/C19H33NO3/c1-3-5-9-15(4-2)13-20-14-16(12-18(20)21)19(22)23-17-10-7-6-8-11-17/h15-17H,3-14H2,1-2H3. The van der Waals surface area contributed by atoms with Gasteiger partial charge in [0.1, 0.15) is 6.10 Å². The molecule has 0 bridgehead atoms. The monoisotopic (exact) mass is 323 g/mol. The average molecular weight is 323 g/mol. The molecule has 23 heavy (non-hydrogen) atoms. The Bertz CT molecular complexity index is 390. The lowest BCUT2D eigenvalue weighted by Crippen LogP contribution is -2.32. The molecule has 1 saturated heterocycles. The Morgan fingerprint density at radius 3 is 2.65 bits per heavy atom. The Kier molecular flexibility index (Phi) is 7.38. The van der Waals surface area contributed by atoms with Crippen molar-refractivity contribution in [2.45, 2.75) is 84.2 Å². The quantitative estimate of drug-likeness (QED) is 0.636. The third-order valence-corrected chi connectivity index (χ3v) is 5.40. The number of hydrogen-bond donors (Lipinski definition) is 0. The van der Waals surface area contributed by atoms with Crippen molar-refractivity contribution in [3.8, 4) is 0 Å². The topological polar surface area (TPSA) is 46.6 Å². The number of carbonyl (C=O) groups excluding carboxylic acids is 2. The molecule has 0 aromatic rings. The number of likely N-dealkylation sites (tertiary alicyclic amines) is 1. The molecular weight excluding hydrogens is 290 g/mol. The van der Waals surface area contributed by atoms with Crippen LogP contribution in [0.4, 0.5) is 0 Å². The van der Waals surface area contributed by atoms with Gasteiger partial charge in [-0.25, -0.2) is 0 Å². The molecule has 1 amide bonds. The van der Waals surface area contributed by atoms with Gasteiger partial charge in [-0.3, -0.25) is 9.59 Å². The van der Waals surface area contributed by atoms with Crippen LogP contribution < -0.4 is 0 Å². The third-order valence-electron chi connectivity index (χ3n) is 5.40. The summed E-state index contributed by atoms with van der Waals surface area (Å²) in [6, 6.07) is 0. The molecule has 2 fully saturated rings. The zero-order valence-electron chi connectivity index (χ0n) is 14.9. The highest BCUT2D eigenvalue weighted by Gasteiger charge is 2.37. The minimum Gasteiger partial charge on any atom is -0.462 e. The zero-order valence-corrected chi connectivity index (χ0v) is 14.9. The zero-order chi connectivity index (χ0) is 16.7. The van der Waals surface area contributed by atoms with Crippen molar-refractivity contribution in [2.75, 3.05) is 13.1 Å². The van der Waals surface area contributed by atoms with Gasteiger partial charge >= 0.3 is 5.97 Å². The highest BCUT2D eigenvalue weighted by atomic mass is 16.5. The van der Waals surface area contributed by atoms with E-state index < -0.39 is 0 Å². The van der Waals surface area contributed by atoms with Crippen LogP contribution in [0.15, 0.2) is 0 Å². The molecule has 4 nitrogen and oxygen atoms in total. The molecule has 1 aliphatic heterocycles. The first kappa shape index (κ1) is 18.3. The number of unbranched alkanes of at least 4 members (excludes halogenated alkanes) is 1. The first-order valence-corrected chi connectivity index (χ1v) is 9.62. The molecular formula is C19H33NO3. The lowest BCUT2D eigenvalue weighted by molar-refractivity contribution is -0.155. The van der Waals surface area contributed by atoms with E-state index in [1.54, 1.807) is 0 Å². The second kappa shape index (κ2) is 9.29. The van der Waals surface area contributed by atoms with Crippen LogP contribution >= 0.6 is 0 Å². The van der Waals surface area contributed by atoms with Crippen molar-refractivity contribution < 1.29 is 14.3 Å². The van der Waals surface area contributed by atoms with E-state index in [9.17, 15) is 9.59 Å². The predicted octanol–water partition coefficient (Wildman–Crippen LogP) is 3.93. The minimum atomic E-state index is -0.242. The van der Waals surface area contributed by atoms with Gasteiger partial charge in [-0.1, -0.05) is 39.5 Å². The number of nitrogens with zero attached hydrogens (tertiary/aromatic N) is 1. The molecule has 0 spiro atoms. The molecule has 1 aliphatic carbocycles. The second-order valence-corrected chi connectivity index (χ2v) is 7.31. The molecule has 0 radical (unpaired) electrons. The summed E-state index contributed by atoms with van der Waals surface area (Å²) in [6.45, 7) is 5.76. The molecule has 1 saturated carbocycles. The Hall–Kier alpha value is -1.06. The number of rotatable bonds is 8. The van der Waals surface area contributed by atoms with Gasteiger partial charge in [0.15, 0.2) is 0 Å². The average Bonchev–Trinajstić information content (AvgIpc) is 2.93. The van der Waals surface area contributed by atoms with E-state index in [0.717, 1.165) is 38.6 Å². The molecule has 0 N–H and O–H groups in total. The lowest BCUT2D eigenvalue weighted by atomic mass is 9.97. The molecule has 132 valence electrons. The first-order chi connectivity index (χ1) is 11.1. The van der Waals surface area contributed by atoms with Crippen molar-refractivity contribution >= 4 is 11.9 Å². The van der Waals surface area contributed by atoms with E-state index in [0.29, 0.717) is 18.9 Å². The number of ether oxygens (including phenoxy) is 1. The summed E-state index contributed by atoms with van der Waals surface area (Å²) in [4.78, 5) is 26.5. The van der Waals surface area contributed by atoms with E-state index in [-0.39, 0.29) is 23.9 Å². The largest absolute Gasteiger partial charge is 0.462 e. The minimum absolute atomic E-state index is 0.0911. The molecule has 0 aromatic heterocycles. The molecule has 2 atom stereocenters. The Morgan fingerprint density at radius 2 is 2.00 bits per heavy atom. The van der Waals surface area contributed by atoms with Gasteiger partial charge in [-0.15, -0.1) is 0 Å². The van der Waals surface area contributed by atoms with Crippen molar-refractivity contribution in [3.63, 3.8) is 0 Å². The molecule has 0 aromatic carbocycles. The van der Waals surface area contributed by atoms with E-state index in [1.165, 1.54) is 25.7 Å². The summed E-state index contributed by atoms with van der Waals surface area (Å²) in [5.41, 5.74) is 0. The predicted molar refractivity (Wildman–Crippen MR) is 91.0 cm³/mol. The van der Waals surface area contributed by atoms with E-state index in [4.69, 9.17) is 4.74 Å². The normalized spacial score (nSPS) is 24.0. The van der Waals surface area contributed by atoms with Crippen molar-refractivity contribution in [3.05, 3.63) is 0 Å². The summed E-state index contributed by atoms with van der Waals surface area (Å²) in [7, 11) is 0. The van der Waals surface area contributed by atoms with Crippen LogP contribution in [-0.4, -0.2) is 36.0 Å². The molecule has 2 unspecified atom stereocenters. The first-order valence-electron chi connectivity index (χ1n) is 9.62. The number of amides is 1. The van der Waals surface area contributed by atoms with Crippen LogP contribution in [0.3, 0.4) is 0 Å². The molecule has 2 aliphatic rings. The smallest absolute Gasteiger partial charge is 0.311 e. The molecule has 2 rings (SSSR count). The van der Waals surface area contributed by atoms with E-state index >= 15 is 0 Å². The maximum absolute atomic E-state index is 12.3. The van der Waals surface area contributed by atoms with Gasteiger partial charge in [0.25, 0.3) is 0 Å².